The molecule has 7 heteroatoms. The molecule has 3 rings (SSSR count). The van der Waals surface area contributed by atoms with Crippen molar-refractivity contribution in [1.29, 1.82) is 0 Å². The number of benzene rings is 1. The Bertz CT molecular complexity index is 767. The molecule has 2 unspecified atom stereocenters. The predicted molar refractivity (Wildman–Crippen MR) is 117 cm³/mol. The van der Waals surface area contributed by atoms with Gasteiger partial charge in [-0.25, -0.2) is 5.06 Å². The Morgan fingerprint density at radius 2 is 1.74 bits per heavy atom. The molecule has 1 aromatic rings. The van der Waals surface area contributed by atoms with E-state index in [0.29, 0.717) is 13.0 Å². The summed E-state index contributed by atoms with van der Waals surface area (Å²) in [4.78, 5) is 37.1. The Balaban J connectivity index is 1.87. The van der Waals surface area contributed by atoms with E-state index in [1.807, 2.05) is 13.8 Å². The zero-order valence-corrected chi connectivity index (χ0v) is 19.2. The standard InChI is InChI=1S/C24H36N2O5/c1-16-12-17(2)21(18(3)13-16)15-23(27)26(31-20-8-6-5-7-9-20)22-14-19(24(28)29)10-11-25(22)30-4/h12-13,19-20,22H,5-11,14-15H2,1-4H3,(H,28,29). The molecule has 1 aliphatic carbocycles. The van der Waals surface area contributed by atoms with Crippen molar-refractivity contribution in [3.05, 3.63) is 34.4 Å². The highest BCUT2D eigenvalue weighted by Crippen LogP contribution is 2.30. The first-order valence-corrected chi connectivity index (χ1v) is 11.4. The van der Waals surface area contributed by atoms with Crippen LogP contribution in [0, 0.1) is 26.7 Å². The van der Waals surface area contributed by atoms with Gasteiger partial charge in [0.2, 0.25) is 0 Å². The van der Waals surface area contributed by atoms with Crippen molar-refractivity contribution in [1.82, 2.24) is 10.1 Å². The third-order valence-electron chi connectivity index (χ3n) is 6.61. The van der Waals surface area contributed by atoms with E-state index in [-0.39, 0.29) is 24.9 Å². The lowest BCUT2D eigenvalue weighted by molar-refractivity contribution is -0.303. The van der Waals surface area contributed by atoms with Crippen molar-refractivity contribution in [2.45, 2.75) is 84.4 Å². The number of aryl methyl sites for hydroxylation is 3. The SMILES string of the molecule is CON1CCC(C(=O)O)CC1N(OC1CCCCC1)C(=O)Cc1c(C)cc(C)cc1C. The van der Waals surface area contributed by atoms with Crippen molar-refractivity contribution >= 4 is 11.9 Å². The van der Waals surface area contributed by atoms with Crippen molar-refractivity contribution in [2.24, 2.45) is 5.92 Å². The number of carboxylic acid groups (broad SMARTS) is 1. The average Bonchev–Trinajstić information content (AvgIpc) is 2.74. The van der Waals surface area contributed by atoms with Crippen molar-refractivity contribution in [3.8, 4) is 0 Å². The Hall–Kier alpha value is -1.96. The quantitative estimate of drug-likeness (QED) is 0.658. The van der Waals surface area contributed by atoms with E-state index in [9.17, 15) is 14.7 Å². The predicted octanol–water partition coefficient (Wildman–Crippen LogP) is 3.93. The Kier molecular flexibility index (Phi) is 8.08. The molecule has 1 N–H and O–H groups in total. The van der Waals surface area contributed by atoms with Crippen LogP contribution in [0.3, 0.4) is 0 Å². The lowest BCUT2D eigenvalue weighted by atomic mass is 9.94. The van der Waals surface area contributed by atoms with Crippen LogP contribution < -0.4 is 0 Å². The summed E-state index contributed by atoms with van der Waals surface area (Å²) in [5, 5.41) is 12.7. The minimum absolute atomic E-state index is 0.0261. The lowest BCUT2D eigenvalue weighted by Gasteiger charge is -2.43. The molecule has 1 aliphatic heterocycles. The fourth-order valence-electron chi connectivity index (χ4n) is 4.92. The van der Waals surface area contributed by atoms with Crippen LogP contribution in [0.2, 0.25) is 0 Å². The van der Waals surface area contributed by atoms with Crippen LogP contribution in [-0.4, -0.2) is 53.0 Å². The van der Waals surface area contributed by atoms with Gasteiger partial charge in [-0.2, -0.15) is 5.06 Å². The minimum Gasteiger partial charge on any atom is -0.481 e. The maximum absolute atomic E-state index is 13.6. The fraction of sp³-hybridized carbons (Fsp3) is 0.667. The summed E-state index contributed by atoms with van der Waals surface area (Å²) in [7, 11) is 1.56. The number of hydroxylamine groups is 4. The summed E-state index contributed by atoms with van der Waals surface area (Å²) in [5.41, 5.74) is 4.34. The van der Waals surface area contributed by atoms with Crippen LogP contribution >= 0.6 is 0 Å². The molecule has 0 radical (unpaired) electrons. The molecule has 1 amide bonds. The van der Waals surface area contributed by atoms with Gasteiger partial charge in [-0.3, -0.25) is 14.4 Å². The normalized spacial score (nSPS) is 23.0. The monoisotopic (exact) mass is 432 g/mol. The van der Waals surface area contributed by atoms with Gasteiger partial charge in [0.15, 0.2) is 0 Å². The first kappa shape index (κ1) is 23.7. The van der Waals surface area contributed by atoms with Crippen LogP contribution in [0.4, 0.5) is 0 Å². The third-order valence-corrected chi connectivity index (χ3v) is 6.61. The zero-order chi connectivity index (χ0) is 22.5. The third kappa shape index (κ3) is 5.84. The second kappa shape index (κ2) is 10.6. The maximum Gasteiger partial charge on any atom is 0.306 e. The van der Waals surface area contributed by atoms with E-state index in [0.717, 1.165) is 42.4 Å². The second-order valence-corrected chi connectivity index (χ2v) is 9.00. The highest BCUT2D eigenvalue weighted by Gasteiger charge is 2.40. The summed E-state index contributed by atoms with van der Waals surface area (Å²) >= 11 is 0. The number of aliphatic carboxylic acids is 1. The van der Waals surface area contributed by atoms with Crippen molar-refractivity contribution in [2.75, 3.05) is 13.7 Å². The molecule has 0 bridgehead atoms. The molecular weight excluding hydrogens is 396 g/mol. The molecule has 172 valence electrons. The lowest BCUT2D eigenvalue weighted by Crippen LogP contribution is -2.56. The van der Waals surface area contributed by atoms with E-state index in [1.54, 1.807) is 12.2 Å². The molecule has 2 aliphatic rings. The van der Waals surface area contributed by atoms with E-state index in [1.165, 1.54) is 17.0 Å². The highest BCUT2D eigenvalue weighted by molar-refractivity contribution is 5.79. The summed E-state index contributed by atoms with van der Waals surface area (Å²) in [6, 6.07) is 4.18. The molecule has 0 spiro atoms. The fourth-order valence-corrected chi connectivity index (χ4v) is 4.92. The minimum atomic E-state index is -0.837. The van der Waals surface area contributed by atoms with Gasteiger partial charge < -0.3 is 9.94 Å². The summed E-state index contributed by atoms with van der Waals surface area (Å²) < 4.78 is 0. The van der Waals surface area contributed by atoms with Crippen molar-refractivity contribution in [3.63, 3.8) is 0 Å². The smallest absolute Gasteiger partial charge is 0.306 e. The molecule has 1 aromatic carbocycles. The van der Waals surface area contributed by atoms with Gasteiger partial charge in [0.25, 0.3) is 5.91 Å². The highest BCUT2D eigenvalue weighted by atomic mass is 16.7. The Morgan fingerprint density at radius 1 is 1.10 bits per heavy atom. The summed E-state index contributed by atoms with van der Waals surface area (Å²) in [6.07, 6.45) is 5.58. The van der Waals surface area contributed by atoms with Crippen LogP contribution in [-0.2, 0) is 25.7 Å². The van der Waals surface area contributed by atoms with Gasteiger partial charge in [-0.05, 0) is 63.1 Å². The molecule has 0 aromatic heterocycles. The largest absolute Gasteiger partial charge is 0.481 e. The second-order valence-electron chi connectivity index (χ2n) is 9.00. The number of hydrogen-bond donors (Lipinski definition) is 1. The molecular formula is C24H36N2O5. The van der Waals surface area contributed by atoms with E-state index in [4.69, 9.17) is 9.68 Å². The van der Waals surface area contributed by atoms with E-state index < -0.39 is 18.1 Å². The molecule has 7 nitrogen and oxygen atoms in total. The number of carbonyl (C=O) groups is 2. The molecule has 2 atom stereocenters. The number of amides is 1. The molecule has 31 heavy (non-hydrogen) atoms. The van der Waals surface area contributed by atoms with E-state index in [2.05, 4.69) is 19.1 Å². The topological polar surface area (TPSA) is 79.3 Å². The maximum atomic E-state index is 13.6. The van der Waals surface area contributed by atoms with Gasteiger partial charge in [-0.15, -0.1) is 0 Å². The van der Waals surface area contributed by atoms with E-state index >= 15 is 0 Å². The first-order valence-electron chi connectivity index (χ1n) is 11.4. The zero-order valence-electron chi connectivity index (χ0n) is 19.2. The van der Waals surface area contributed by atoms with Gasteiger partial charge in [0, 0.05) is 6.54 Å². The number of carbonyl (C=O) groups excluding carboxylic acids is 1. The number of carboxylic acids is 1. The van der Waals surface area contributed by atoms with Crippen LogP contribution in [0.15, 0.2) is 12.1 Å². The summed E-state index contributed by atoms with van der Waals surface area (Å²) in [5.74, 6) is -1.51. The number of nitrogens with zero attached hydrogens (tertiary/aromatic N) is 2. The van der Waals surface area contributed by atoms with Crippen LogP contribution in [0.25, 0.3) is 0 Å². The van der Waals surface area contributed by atoms with Gasteiger partial charge >= 0.3 is 5.97 Å². The summed E-state index contributed by atoms with van der Waals surface area (Å²) in [6.45, 7) is 6.54. The Labute approximate surface area is 185 Å². The van der Waals surface area contributed by atoms with Crippen LogP contribution in [0.1, 0.15) is 67.2 Å². The number of rotatable bonds is 7. The Morgan fingerprint density at radius 3 is 2.32 bits per heavy atom. The molecule has 1 saturated carbocycles. The molecule has 1 saturated heterocycles. The first-order chi connectivity index (χ1) is 14.8. The number of hydrogen-bond acceptors (Lipinski definition) is 5. The van der Waals surface area contributed by atoms with Crippen molar-refractivity contribution < 1.29 is 24.4 Å². The van der Waals surface area contributed by atoms with Crippen LogP contribution in [0.5, 0.6) is 0 Å². The van der Waals surface area contributed by atoms with Gasteiger partial charge in [-0.1, -0.05) is 37.0 Å². The average molecular weight is 433 g/mol. The van der Waals surface area contributed by atoms with Gasteiger partial charge in [0.05, 0.1) is 25.6 Å². The van der Waals surface area contributed by atoms with Gasteiger partial charge in [0.1, 0.15) is 6.17 Å². The molecule has 1 heterocycles. The molecule has 2 fully saturated rings. The number of piperidine rings is 1.